The number of hydrogen-bond acceptors (Lipinski definition) is 2. The molecule has 0 aliphatic carbocycles. The zero-order chi connectivity index (χ0) is 15.0. The van der Waals surface area contributed by atoms with Gasteiger partial charge in [-0.15, -0.1) is 0 Å². The van der Waals surface area contributed by atoms with Crippen LogP contribution in [0.5, 0.6) is 5.75 Å². The lowest BCUT2D eigenvalue weighted by Gasteiger charge is -2.04. The average molecular weight is 283 g/mol. The van der Waals surface area contributed by atoms with Crippen LogP contribution in [0.2, 0.25) is 0 Å². The average Bonchev–Trinajstić information content (AvgIpc) is 2.89. The molecule has 1 N–H and O–H groups in total. The van der Waals surface area contributed by atoms with E-state index in [4.69, 9.17) is 4.74 Å². The number of hydrogen-bond donors (Lipinski definition) is 1. The van der Waals surface area contributed by atoms with Gasteiger partial charge in [-0.05, 0) is 30.7 Å². The van der Waals surface area contributed by atoms with Crippen LogP contribution in [0.1, 0.15) is 21.5 Å². The first kappa shape index (κ1) is 13.4. The molecule has 0 radical (unpaired) electrons. The Bertz CT molecular complexity index is 836. The van der Waals surface area contributed by atoms with Gasteiger partial charge >= 0.3 is 0 Å². The van der Waals surface area contributed by atoms with E-state index < -0.39 is 5.82 Å². The first-order valence-corrected chi connectivity index (χ1v) is 6.56. The van der Waals surface area contributed by atoms with E-state index in [1.165, 1.54) is 19.2 Å². The Balaban J connectivity index is 2.08. The molecular formula is C17H14FNO2. The Hall–Kier alpha value is -2.62. The minimum Gasteiger partial charge on any atom is -0.497 e. The summed E-state index contributed by atoms with van der Waals surface area (Å²) in [6, 6.07) is 9.99. The second kappa shape index (κ2) is 5.05. The summed E-state index contributed by atoms with van der Waals surface area (Å²) in [4.78, 5) is 15.6. The summed E-state index contributed by atoms with van der Waals surface area (Å²) in [6.07, 6.45) is 1.62. The number of halogens is 1. The van der Waals surface area contributed by atoms with Crippen LogP contribution in [-0.2, 0) is 0 Å². The van der Waals surface area contributed by atoms with Crippen molar-refractivity contribution in [3.8, 4) is 5.75 Å². The SMILES string of the molecule is COc1ccc(C(=O)c2c[nH]c3cc(C)ccc23)c(F)c1. The molecule has 0 saturated carbocycles. The monoisotopic (exact) mass is 283 g/mol. The molecule has 1 heterocycles. The van der Waals surface area contributed by atoms with Gasteiger partial charge in [0.2, 0.25) is 0 Å². The fourth-order valence-corrected chi connectivity index (χ4v) is 2.38. The summed E-state index contributed by atoms with van der Waals surface area (Å²) in [7, 11) is 1.46. The van der Waals surface area contributed by atoms with Gasteiger partial charge in [0.15, 0.2) is 5.78 Å². The molecule has 106 valence electrons. The van der Waals surface area contributed by atoms with Crippen molar-refractivity contribution < 1.29 is 13.9 Å². The Labute approximate surface area is 121 Å². The van der Waals surface area contributed by atoms with Crippen LogP contribution in [0.15, 0.2) is 42.6 Å². The van der Waals surface area contributed by atoms with Gasteiger partial charge in [-0.25, -0.2) is 4.39 Å². The number of aromatic nitrogens is 1. The summed E-state index contributed by atoms with van der Waals surface area (Å²) in [5, 5.41) is 0.792. The molecule has 0 aliphatic rings. The van der Waals surface area contributed by atoms with Crippen molar-refractivity contribution in [1.82, 2.24) is 4.98 Å². The quantitative estimate of drug-likeness (QED) is 0.742. The van der Waals surface area contributed by atoms with Crippen LogP contribution in [0.3, 0.4) is 0 Å². The van der Waals surface area contributed by atoms with E-state index in [0.717, 1.165) is 16.5 Å². The molecule has 3 aromatic rings. The minimum atomic E-state index is -0.583. The molecule has 3 rings (SSSR count). The number of ketones is 1. The molecule has 0 unspecified atom stereocenters. The third kappa shape index (κ3) is 2.29. The second-order valence-corrected chi connectivity index (χ2v) is 4.93. The zero-order valence-electron chi connectivity index (χ0n) is 11.7. The molecule has 2 aromatic carbocycles. The van der Waals surface area contributed by atoms with Crippen LogP contribution in [-0.4, -0.2) is 17.9 Å². The molecule has 4 heteroatoms. The van der Waals surface area contributed by atoms with Crippen LogP contribution in [0.25, 0.3) is 10.9 Å². The predicted molar refractivity (Wildman–Crippen MR) is 79.4 cm³/mol. The Morgan fingerprint density at radius 3 is 2.67 bits per heavy atom. The number of nitrogens with one attached hydrogen (secondary N) is 1. The lowest BCUT2D eigenvalue weighted by molar-refractivity contribution is 0.103. The van der Waals surface area contributed by atoms with Gasteiger partial charge in [0.25, 0.3) is 0 Å². The number of carbonyl (C=O) groups is 1. The predicted octanol–water partition coefficient (Wildman–Crippen LogP) is 3.86. The number of rotatable bonds is 3. The summed E-state index contributed by atoms with van der Waals surface area (Å²) >= 11 is 0. The number of aryl methyl sites for hydroxylation is 1. The molecule has 21 heavy (non-hydrogen) atoms. The standard InChI is InChI=1S/C17H14FNO2/c1-10-3-5-12-14(9-19-16(12)7-10)17(20)13-6-4-11(21-2)8-15(13)18/h3-9,19H,1-2H3. The number of methoxy groups -OCH3 is 1. The molecule has 1 aromatic heterocycles. The van der Waals surface area contributed by atoms with Gasteiger partial charge in [-0.1, -0.05) is 12.1 Å². The van der Waals surface area contributed by atoms with Crippen LogP contribution < -0.4 is 4.74 Å². The largest absolute Gasteiger partial charge is 0.497 e. The Morgan fingerprint density at radius 1 is 1.14 bits per heavy atom. The molecule has 0 bridgehead atoms. The number of carbonyl (C=O) groups excluding carboxylic acids is 1. The van der Waals surface area contributed by atoms with Crippen LogP contribution in [0.4, 0.5) is 4.39 Å². The smallest absolute Gasteiger partial charge is 0.198 e. The van der Waals surface area contributed by atoms with E-state index in [1.54, 1.807) is 12.3 Å². The molecule has 0 fully saturated rings. The van der Waals surface area contributed by atoms with Crippen molar-refractivity contribution >= 4 is 16.7 Å². The summed E-state index contributed by atoms with van der Waals surface area (Å²) in [5.74, 6) is -0.537. The van der Waals surface area contributed by atoms with Crippen molar-refractivity contribution in [1.29, 1.82) is 0 Å². The molecular weight excluding hydrogens is 269 g/mol. The molecule has 3 nitrogen and oxygen atoms in total. The van der Waals surface area contributed by atoms with E-state index in [1.807, 2.05) is 25.1 Å². The fourth-order valence-electron chi connectivity index (χ4n) is 2.38. The van der Waals surface area contributed by atoms with Gasteiger partial charge in [0.05, 0.1) is 12.7 Å². The van der Waals surface area contributed by atoms with Crippen LogP contribution in [0, 0.1) is 12.7 Å². The summed E-state index contributed by atoms with van der Waals surface area (Å²) in [5.41, 5.74) is 2.47. The topological polar surface area (TPSA) is 42.1 Å². The van der Waals surface area contributed by atoms with E-state index in [9.17, 15) is 9.18 Å². The fraction of sp³-hybridized carbons (Fsp3) is 0.118. The van der Waals surface area contributed by atoms with Gasteiger partial charge in [0, 0.05) is 28.7 Å². The maximum atomic E-state index is 14.0. The van der Waals surface area contributed by atoms with Gasteiger partial charge in [-0.2, -0.15) is 0 Å². The number of benzene rings is 2. The Morgan fingerprint density at radius 2 is 1.95 bits per heavy atom. The van der Waals surface area contributed by atoms with E-state index in [2.05, 4.69) is 4.98 Å². The molecule has 0 spiro atoms. The zero-order valence-corrected chi connectivity index (χ0v) is 11.7. The number of H-pyrrole nitrogens is 1. The Kier molecular flexibility index (Phi) is 3.22. The normalized spacial score (nSPS) is 10.8. The van der Waals surface area contributed by atoms with Crippen molar-refractivity contribution in [2.24, 2.45) is 0 Å². The van der Waals surface area contributed by atoms with Gasteiger partial charge in [0.1, 0.15) is 11.6 Å². The lowest BCUT2D eigenvalue weighted by Crippen LogP contribution is -2.04. The first-order valence-electron chi connectivity index (χ1n) is 6.56. The van der Waals surface area contributed by atoms with Crippen LogP contribution >= 0.6 is 0 Å². The van der Waals surface area contributed by atoms with Gasteiger partial charge in [-0.3, -0.25) is 4.79 Å². The number of ether oxygens (including phenoxy) is 1. The van der Waals surface area contributed by atoms with Crippen molar-refractivity contribution in [3.63, 3.8) is 0 Å². The minimum absolute atomic E-state index is 0.0391. The lowest BCUT2D eigenvalue weighted by atomic mass is 10.0. The number of aromatic amines is 1. The molecule has 0 aliphatic heterocycles. The van der Waals surface area contributed by atoms with E-state index >= 15 is 0 Å². The van der Waals surface area contributed by atoms with Crippen molar-refractivity contribution in [2.45, 2.75) is 6.92 Å². The highest BCUT2D eigenvalue weighted by atomic mass is 19.1. The third-order valence-corrected chi connectivity index (χ3v) is 3.50. The highest BCUT2D eigenvalue weighted by Crippen LogP contribution is 2.24. The maximum Gasteiger partial charge on any atom is 0.198 e. The summed E-state index contributed by atoms with van der Waals surface area (Å²) < 4.78 is 19.0. The molecule has 0 amide bonds. The van der Waals surface area contributed by atoms with Crippen molar-refractivity contribution in [3.05, 3.63) is 65.1 Å². The first-order chi connectivity index (χ1) is 10.1. The number of fused-ring (bicyclic) bond motifs is 1. The van der Waals surface area contributed by atoms with Crippen molar-refractivity contribution in [2.75, 3.05) is 7.11 Å². The second-order valence-electron chi connectivity index (χ2n) is 4.93. The highest BCUT2D eigenvalue weighted by molar-refractivity contribution is 6.16. The maximum absolute atomic E-state index is 14.0. The highest BCUT2D eigenvalue weighted by Gasteiger charge is 2.18. The van der Waals surface area contributed by atoms with Gasteiger partial charge < -0.3 is 9.72 Å². The van der Waals surface area contributed by atoms with E-state index in [0.29, 0.717) is 11.3 Å². The molecule has 0 saturated heterocycles. The van der Waals surface area contributed by atoms with E-state index in [-0.39, 0.29) is 11.3 Å². The third-order valence-electron chi connectivity index (χ3n) is 3.50. The summed E-state index contributed by atoms with van der Waals surface area (Å²) in [6.45, 7) is 1.98. The molecule has 0 atom stereocenters.